The maximum absolute atomic E-state index is 12.7. The van der Waals surface area contributed by atoms with Gasteiger partial charge in [-0.1, -0.05) is 43.2 Å². The van der Waals surface area contributed by atoms with Crippen molar-refractivity contribution in [3.8, 4) is 0 Å². The number of amides is 4. The largest absolute Gasteiger partial charge is 0.447 e. The minimum absolute atomic E-state index is 0.0417. The minimum atomic E-state index is -1.26. The number of ether oxygens (including phenoxy) is 1. The zero-order valence-corrected chi connectivity index (χ0v) is 15.8. The molecule has 0 spiro atoms. The Bertz CT molecular complexity index is 745. The van der Waals surface area contributed by atoms with E-state index in [-0.39, 0.29) is 18.4 Å². The number of carbonyl (C=O) groups excluding carboxylic acids is 4. The van der Waals surface area contributed by atoms with Crippen molar-refractivity contribution < 1.29 is 23.9 Å². The van der Waals surface area contributed by atoms with E-state index in [1.807, 2.05) is 0 Å². The van der Waals surface area contributed by atoms with Crippen LogP contribution in [0.15, 0.2) is 30.3 Å². The first-order valence-corrected chi connectivity index (χ1v) is 9.57. The lowest BCUT2D eigenvalue weighted by molar-refractivity contribution is -0.159. The Morgan fingerprint density at radius 2 is 1.82 bits per heavy atom. The van der Waals surface area contributed by atoms with Crippen LogP contribution in [0.2, 0.25) is 0 Å². The van der Waals surface area contributed by atoms with Gasteiger partial charge in [-0.15, -0.1) is 0 Å². The van der Waals surface area contributed by atoms with Crippen LogP contribution in [-0.2, 0) is 19.1 Å². The van der Waals surface area contributed by atoms with Crippen LogP contribution < -0.4 is 10.6 Å². The molecular formula is C20H25N3O5. The van der Waals surface area contributed by atoms with E-state index in [9.17, 15) is 19.2 Å². The van der Waals surface area contributed by atoms with Gasteiger partial charge in [0.25, 0.3) is 5.91 Å². The lowest BCUT2D eigenvalue weighted by Crippen LogP contribution is -2.41. The highest BCUT2D eigenvalue weighted by molar-refractivity contribution is 5.98. The lowest BCUT2D eigenvalue weighted by Gasteiger charge is -2.24. The van der Waals surface area contributed by atoms with Gasteiger partial charge in [-0.25, -0.2) is 4.79 Å². The maximum Gasteiger partial charge on any atom is 0.321 e. The van der Waals surface area contributed by atoms with Gasteiger partial charge in [0.15, 0.2) is 0 Å². The van der Waals surface area contributed by atoms with Crippen LogP contribution in [0.3, 0.4) is 0 Å². The number of carbonyl (C=O) groups is 4. The Kier molecular flexibility index (Phi) is 6.28. The minimum Gasteiger partial charge on any atom is -0.447 e. The van der Waals surface area contributed by atoms with Gasteiger partial charge in [-0.2, -0.15) is 0 Å². The summed E-state index contributed by atoms with van der Waals surface area (Å²) in [4.78, 5) is 50.8. The lowest BCUT2D eigenvalue weighted by atomic mass is 10.1. The SMILES string of the molecule is CNC(=O)NC(=O)[C@@H](OC(=O)[C@@H]1CC(=O)N(C2CCCC2)C1)c1ccccc1. The van der Waals surface area contributed by atoms with E-state index in [0.717, 1.165) is 25.7 Å². The van der Waals surface area contributed by atoms with Crippen molar-refractivity contribution in [2.75, 3.05) is 13.6 Å². The summed E-state index contributed by atoms with van der Waals surface area (Å²) in [7, 11) is 1.38. The standard InChI is InChI=1S/C20H25N3O5/c1-21-20(27)22-18(25)17(13-7-3-2-4-8-13)28-19(26)14-11-16(24)23(12-14)15-9-5-6-10-15/h2-4,7-8,14-15,17H,5-6,9-12H2,1H3,(H2,21,22,25,27)/t14-,17+/m1/s1. The number of likely N-dealkylation sites (tertiary alicyclic amines) is 1. The molecule has 3 rings (SSSR count). The van der Waals surface area contributed by atoms with E-state index >= 15 is 0 Å². The fourth-order valence-corrected chi connectivity index (χ4v) is 3.81. The predicted molar refractivity (Wildman–Crippen MR) is 99.9 cm³/mol. The molecule has 1 aromatic carbocycles. The molecule has 8 heteroatoms. The predicted octanol–water partition coefficient (Wildman–Crippen LogP) is 1.52. The third-order valence-electron chi connectivity index (χ3n) is 5.30. The number of urea groups is 1. The maximum atomic E-state index is 12.7. The molecule has 4 amide bonds. The molecule has 0 radical (unpaired) electrons. The van der Waals surface area contributed by atoms with Crippen molar-refractivity contribution in [3.05, 3.63) is 35.9 Å². The molecule has 0 bridgehead atoms. The molecule has 1 heterocycles. The van der Waals surface area contributed by atoms with E-state index in [1.165, 1.54) is 7.05 Å². The van der Waals surface area contributed by atoms with Gasteiger partial charge in [0.05, 0.1) is 5.92 Å². The van der Waals surface area contributed by atoms with Gasteiger partial charge in [-0.3, -0.25) is 19.7 Å². The molecule has 2 fully saturated rings. The zero-order chi connectivity index (χ0) is 20.1. The monoisotopic (exact) mass is 387 g/mol. The summed E-state index contributed by atoms with van der Waals surface area (Å²) in [6.45, 7) is 0.320. The molecule has 2 aliphatic rings. The third kappa shape index (κ3) is 4.49. The zero-order valence-electron chi connectivity index (χ0n) is 15.8. The number of nitrogens with one attached hydrogen (secondary N) is 2. The molecule has 0 unspecified atom stereocenters. The van der Waals surface area contributed by atoms with Crippen molar-refractivity contribution in [2.45, 2.75) is 44.2 Å². The van der Waals surface area contributed by atoms with Gasteiger partial charge in [0, 0.05) is 31.6 Å². The number of benzene rings is 1. The van der Waals surface area contributed by atoms with E-state index < -0.39 is 29.9 Å². The molecule has 1 aromatic rings. The molecule has 1 saturated heterocycles. The average molecular weight is 387 g/mol. The van der Waals surface area contributed by atoms with Crippen molar-refractivity contribution in [2.24, 2.45) is 5.92 Å². The number of hydrogen-bond acceptors (Lipinski definition) is 5. The summed E-state index contributed by atoms with van der Waals surface area (Å²) in [5.41, 5.74) is 0.453. The summed E-state index contributed by atoms with van der Waals surface area (Å²) in [6, 6.07) is 8.00. The highest BCUT2D eigenvalue weighted by Crippen LogP contribution is 2.31. The average Bonchev–Trinajstić information content (AvgIpc) is 3.35. The van der Waals surface area contributed by atoms with Crippen molar-refractivity contribution >= 4 is 23.8 Å². The Hall–Kier alpha value is -2.90. The Balaban J connectivity index is 1.69. The smallest absolute Gasteiger partial charge is 0.321 e. The molecule has 8 nitrogen and oxygen atoms in total. The van der Waals surface area contributed by atoms with Gasteiger partial charge < -0.3 is 15.0 Å². The molecule has 150 valence electrons. The first-order valence-electron chi connectivity index (χ1n) is 9.57. The van der Waals surface area contributed by atoms with Gasteiger partial charge in [0.2, 0.25) is 12.0 Å². The van der Waals surface area contributed by atoms with Crippen LogP contribution in [-0.4, -0.2) is 48.3 Å². The fourth-order valence-electron chi connectivity index (χ4n) is 3.81. The Morgan fingerprint density at radius 3 is 2.46 bits per heavy atom. The number of rotatable bonds is 5. The summed E-state index contributed by atoms with van der Waals surface area (Å²) in [5, 5.41) is 4.43. The van der Waals surface area contributed by atoms with Crippen LogP contribution in [0.4, 0.5) is 4.79 Å². The number of nitrogens with zero attached hydrogens (tertiary/aromatic N) is 1. The fraction of sp³-hybridized carbons (Fsp3) is 0.500. The second-order valence-corrected chi connectivity index (χ2v) is 7.18. The molecular weight excluding hydrogens is 362 g/mol. The topological polar surface area (TPSA) is 105 Å². The van der Waals surface area contributed by atoms with Crippen LogP contribution in [0.25, 0.3) is 0 Å². The first-order chi connectivity index (χ1) is 13.5. The second-order valence-electron chi connectivity index (χ2n) is 7.18. The van der Waals surface area contributed by atoms with E-state index in [1.54, 1.807) is 35.2 Å². The summed E-state index contributed by atoms with van der Waals surface area (Å²) >= 11 is 0. The van der Waals surface area contributed by atoms with E-state index in [2.05, 4.69) is 10.6 Å². The number of hydrogen-bond donors (Lipinski definition) is 2. The number of esters is 1. The van der Waals surface area contributed by atoms with Gasteiger partial charge >= 0.3 is 12.0 Å². The molecule has 0 aromatic heterocycles. The third-order valence-corrected chi connectivity index (χ3v) is 5.30. The van der Waals surface area contributed by atoms with Crippen molar-refractivity contribution in [3.63, 3.8) is 0 Å². The van der Waals surface area contributed by atoms with Crippen LogP contribution >= 0.6 is 0 Å². The van der Waals surface area contributed by atoms with Gasteiger partial charge in [0.1, 0.15) is 0 Å². The number of imide groups is 1. The van der Waals surface area contributed by atoms with Crippen LogP contribution in [0.1, 0.15) is 43.8 Å². The van der Waals surface area contributed by atoms with Crippen molar-refractivity contribution in [1.82, 2.24) is 15.5 Å². The summed E-state index contributed by atoms with van der Waals surface area (Å²) in [6.07, 6.45) is 2.96. The van der Waals surface area contributed by atoms with Crippen LogP contribution in [0, 0.1) is 5.92 Å². The Morgan fingerprint density at radius 1 is 1.14 bits per heavy atom. The molecule has 1 saturated carbocycles. The molecule has 1 aliphatic heterocycles. The van der Waals surface area contributed by atoms with Crippen LogP contribution in [0.5, 0.6) is 0 Å². The normalized spacial score (nSPS) is 20.7. The van der Waals surface area contributed by atoms with E-state index in [0.29, 0.717) is 12.1 Å². The van der Waals surface area contributed by atoms with Crippen molar-refractivity contribution in [1.29, 1.82) is 0 Å². The van der Waals surface area contributed by atoms with E-state index in [4.69, 9.17) is 4.74 Å². The second kappa shape index (κ2) is 8.86. The molecule has 28 heavy (non-hydrogen) atoms. The quantitative estimate of drug-likeness (QED) is 0.746. The Labute approximate surface area is 163 Å². The summed E-state index contributed by atoms with van der Waals surface area (Å²) < 4.78 is 5.48. The highest BCUT2D eigenvalue weighted by Gasteiger charge is 2.41. The molecule has 2 atom stereocenters. The highest BCUT2D eigenvalue weighted by atomic mass is 16.5. The first kappa shape index (κ1) is 19.9. The molecule has 1 aliphatic carbocycles. The molecule has 2 N–H and O–H groups in total. The van der Waals surface area contributed by atoms with Gasteiger partial charge in [-0.05, 0) is 12.8 Å². The summed E-state index contributed by atoms with van der Waals surface area (Å²) in [5.74, 6) is -1.99.